The summed E-state index contributed by atoms with van der Waals surface area (Å²) in [5.74, 6) is -0.306. The molecule has 2 heterocycles. The van der Waals surface area contributed by atoms with Crippen molar-refractivity contribution in [1.29, 1.82) is 0 Å². The molecule has 0 bridgehead atoms. The lowest BCUT2D eigenvalue weighted by molar-refractivity contribution is 0.0492. The van der Waals surface area contributed by atoms with E-state index in [1.807, 2.05) is 26.8 Å². The third-order valence-corrected chi connectivity index (χ3v) is 8.91. The molecule has 11 nitrogen and oxygen atoms in total. The van der Waals surface area contributed by atoms with Gasteiger partial charge in [0, 0.05) is 41.8 Å². The number of carbonyl (C=O) groups is 1. The molecule has 0 aliphatic heterocycles. The minimum atomic E-state index is -4.23. The van der Waals surface area contributed by atoms with Crippen LogP contribution in [0.5, 0.6) is 0 Å². The fourth-order valence-corrected chi connectivity index (χ4v) is 6.43. The highest BCUT2D eigenvalue weighted by molar-refractivity contribution is 7.92. The lowest BCUT2D eigenvalue weighted by atomic mass is 9.91. The molecule has 46 heavy (non-hydrogen) atoms. The van der Waals surface area contributed by atoms with Gasteiger partial charge in [0.15, 0.2) is 0 Å². The molecule has 14 heteroatoms. The lowest BCUT2D eigenvalue weighted by Gasteiger charge is -2.30. The minimum Gasteiger partial charge on any atom is -0.444 e. The van der Waals surface area contributed by atoms with Crippen LogP contribution in [-0.4, -0.2) is 47.1 Å². The number of ether oxygens (including phenoxy) is 1. The summed E-state index contributed by atoms with van der Waals surface area (Å²) in [6.07, 6.45) is 7.55. The second-order valence-electron chi connectivity index (χ2n) is 11.9. The van der Waals surface area contributed by atoms with Crippen LogP contribution in [0.25, 0.3) is 11.3 Å². The molecule has 1 aliphatic carbocycles. The fraction of sp³-hybridized carbons (Fsp3) is 0.312. The summed E-state index contributed by atoms with van der Waals surface area (Å²) >= 11 is 6.07. The molecule has 1 aliphatic rings. The number of benzene rings is 2. The standard InChI is InChI=1S/C32H35ClFN7O4S/c1-32(2,3)45-31(42)40-21-10-8-20(9-11-21)39-30-17-28(36-19-37-30)23-18-35-15-14-26(23)38-22-12-13-29(25(34)16-22)46(43,44)41-27-7-5-4-6-24(27)33/h4-7,12-21,41H,8-11H2,1-3H3,(H,35,38)(H,40,42)(H,36,37,39). The van der Waals surface area contributed by atoms with E-state index >= 15 is 4.39 Å². The maximum absolute atomic E-state index is 15.1. The Balaban J connectivity index is 1.24. The molecule has 4 aromatic rings. The summed E-state index contributed by atoms with van der Waals surface area (Å²) in [6, 6.07) is 13.8. The van der Waals surface area contributed by atoms with Gasteiger partial charge in [0.1, 0.15) is 28.5 Å². The van der Waals surface area contributed by atoms with Crippen molar-refractivity contribution in [3.8, 4) is 11.3 Å². The van der Waals surface area contributed by atoms with Gasteiger partial charge in [0.05, 0.1) is 22.1 Å². The number of hydrogen-bond acceptors (Lipinski definition) is 9. The number of amides is 1. The first-order valence-electron chi connectivity index (χ1n) is 14.7. The zero-order chi connectivity index (χ0) is 32.9. The van der Waals surface area contributed by atoms with E-state index in [2.05, 4.69) is 35.6 Å². The Labute approximate surface area is 272 Å². The van der Waals surface area contributed by atoms with E-state index in [4.69, 9.17) is 16.3 Å². The van der Waals surface area contributed by atoms with Gasteiger partial charge in [-0.25, -0.2) is 27.6 Å². The van der Waals surface area contributed by atoms with E-state index in [-0.39, 0.29) is 22.8 Å². The first kappa shape index (κ1) is 32.9. The third kappa shape index (κ3) is 8.61. The maximum Gasteiger partial charge on any atom is 0.407 e. The number of pyridine rings is 1. The quantitative estimate of drug-likeness (QED) is 0.146. The van der Waals surface area contributed by atoms with E-state index in [0.29, 0.717) is 28.5 Å². The summed E-state index contributed by atoms with van der Waals surface area (Å²) in [5.41, 5.74) is 1.72. The number of aromatic nitrogens is 3. The first-order valence-corrected chi connectivity index (χ1v) is 16.6. The molecule has 0 spiro atoms. The second-order valence-corrected chi connectivity index (χ2v) is 14.0. The molecule has 4 N–H and O–H groups in total. The summed E-state index contributed by atoms with van der Waals surface area (Å²) in [6.45, 7) is 5.51. The van der Waals surface area contributed by atoms with Gasteiger partial charge in [-0.2, -0.15) is 0 Å². The van der Waals surface area contributed by atoms with Crippen LogP contribution in [0.15, 0.2) is 78.2 Å². The number of para-hydroxylation sites is 1. The molecule has 1 fully saturated rings. The van der Waals surface area contributed by atoms with Crippen LogP contribution >= 0.6 is 11.6 Å². The van der Waals surface area contributed by atoms with Gasteiger partial charge in [-0.1, -0.05) is 23.7 Å². The Hall–Kier alpha value is -4.49. The average molecular weight is 668 g/mol. The van der Waals surface area contributed by atoms with Crippen LogP contribution in [-0.2, 0) is 14.8 Å². The molecule has 242 valence electrons. The Morgan fingerprint density at radius 3 is 2.43 bits per heavy atom. The molecule has 1 amide bonds. The molecule has 0 saturated heterocycles. The van der Waals surface area contributed by atoms with Crippen molar-refractivity contribution in [3.05, 3.63) is 84.2 Å². The predicted molar refractivity (Wildman–Crippen MR) is 176 cm³/mol. The summed E-state index contributed by atoms with van der Waals surface area (Å²) in [7, 11) is -4.23. The molecule has 5 rings (SSSR count). The first-order chi connectivity index (χ1) is 21.9. The Bertz CT molecular complexity index is 1810. The molecular formula is C32H35ClFN7O4S. The van der Waals surface area contributed by atoms with Crippen molar-refractivity contribution < 1.29 is 22.3 Å². The molecule has 2 aromatic carbocycles. The van der Waals surface area contributed by atoms with Crippen molar-refractivity contribution in [2.75, 3.05) is 15.4 Å². The van der Waals surface area contributed by atoms with E-state index in [9.17, 15) is 13.2 Å². The number of nitrogens with one attached hydrogen (secondary N) is 4. The van der Waals surface area contributed by atoms with E-state index in [0.717, 1.165) is 31.7 Å². The molecule has 0 radical (unpaired) electrons. The van der Waals surface area contributed by atoms with Gasteiger partial charge < -0.3 is 20.7 Å². The van der Waals surface area contributed by atoms with Crippen LogP contribution in [0.3, 0.4) is 0 Å². The van der Waals surface area contributed by atoms with Crippen molar-refractivity contribution >= 4 is 50.6 Å². The van der Waals surface area contributed by atoms with Crippen molar-refractivity contribution in [1.82, 2.24) is 20.3 Å². The van der Waals surface area contributed by atoms with Gasteiger partial charge in [-0.3, -0.25) is 9.71 Å². The topological polar surface area (TPSA) is 147 Å². The molecule has 1 saturated carbocycles. The zero-order valence-corrected chi connectivity index (χ0v) is 27.1. The zero-order valence-electron chi connectivity index (χ0n) is 25.6. The highest BCUT2D eigenvalue weighted by Crippen LogP contribution is 2.32. The maximum atomic E-state index is 15.1. The van der Waals surface area contributed by atoms with Gasteiger partial charge in [-0.15, -0.1) is 0 Å². The third-order valence-electron chi connectivity index (χ3n) is 7.18. The summed E-state index contributed by atoms with van der Waals surface area (Å²) in [5, 5.41) is 9.75. The number of rotatable bonds is 9. The number of anilines is 4. The lowest BCUT2D eigenvalue weighted by Crippen LogP contribution is -2.42. The van der Waals surface area contributed by atoms with Gasteiger partial charge in [0.2, 0.25) is 0 Å². The number of halogens is 2. The highest BCUT2D eigenvalue weighted by Gasteiger charge is 2.25. The van der Waals surface area contributed by atoms with E-state index < -0.39 is 32.4 Å². The predicted octanol–water partition coefficient (Wildman–Crippen LogP) is 7.12. The Morgan fingerprint density at radius 1 is 0.978 bits per heavy atom. The number of hydrogen-bond donors (Lipinski definition) is 4. The Morgan fingerprint density at radius 2 is 1.72 bits per heavy atom. The number of alkyl carbamates (subject to hydrolysis) is 1. The van der Waals surface area contributed by atoms with Crippen LogP contribution in [0.4, 0.5) is 32.1 Å². The van der Waals surface area contributed by atoms with Crippen LogP contribution in [0.2, 0.25) is 5.02 Å². The number of carbonyl (C=O) groups excluding carboxylic acids is 1. The molecule has 0 unspecified atom stereocenters. The monoisotopic (exact) mass is 667 g/mol. The summed E-state index contributed by atoms with van der Waals surface area (Å²) < 4.78 is 48.6. The smallest absolute Gasteiger partial charge is 0.407 e. The molecule has 0 atom stereocenters. The average Bonchev–Trinajstić information content (AvgIpc) is 2.99. The highest BCUT2D eigenvalue weighted by atomic mass is 35.5. The van der Waals surface area contributed by atoms with Gasteiger partial charge in [0.25, 0.3) is 10.0 Å². The molecule has 2 aromatic heterocycles. The molecular weight excluding hydrogens is 633 g/mol. The largest absolute Gasteiger partial charge is 0.444 e. The SMILES string of the molecule is CC(C)(C)OC(=O)NC1CCC(Nc2cc(-c3cnccc3Nc3ccc(S(=O)(=O)Nc4ccccc4Cl)c(F)c3)ncn2)CC1. The van der Waals surface area contributed by atoms with Crippen LogP contribution in [0.1, 0.15) is 46.5 Å². The van der Waals surface area contributed by atoms with Crippen LogP contribution in [0, 0.1) is 5.82 Å². The Kier molecular flexibility index (Phi) is 9.92. The minimum absolute atomic E-state index is 0.0514. The van der Waals surface area contributed by atoms with Crippen molar-refractivity contribution in [3.63, 3.8) is 0 Å². The number of nitrogens with zero attached hydrogens (tertiary/aromatic N) is 3. The van der Waals surface area contributed by atoms with Gasteiger partial charge >= 0.3 is 6.09 Å². The van der Waals surface area contributed by atoms with E-state index in [1.165, 1.54) is 30.6 Å². The van der Waals surface area contributed by atoms with Crippen molar-refractivity contribution in [2.45, 2.75) is 69.0 Å². The summed E-state index contributed by atoms with van der Waals surface area (Å²) in [4.78, 5) is 24.7. The van der Waals surface area contributed by atoms with E-state index in [1.54, 1.807) is 30.6 Å². The van der Waals surface area contributed by atoms with Crippen molar-refractivity contribution in [2.24, 2.45) is 0 Å². The number of sulfonamides is 1. The fourth-order valence-electron chi connectivity index (χ4n) is 5.05. The van der Waals surface area contributed by atoms with Crippen LogP contribution < -0.4 is 20.7 Å². The second kappa shape index (κ2) is 13.9. The normalized spacial score (nSPS) is 16.7. The van der Waals surface area contributed by atoms with Gasteiger partial charge in [-0.05, 0) is 82.9 Å².